The lowest BCUT2D eigenvalue weighted by Crippen LogP contribution is -2.22. The Morgan fingerprint density at radius 3 is 2.50 bits per heavy atom. The van der Waals surface area contributed by atoms with E-state index < -0.39 is 17.3 Å². The number of para-hydroxylation sites is 2. The Balaban J connectivity index is 1.68. The zero-order valence-corrected chi connectivity index (χ0v) is 14.3. The first-order valence-corrected chi connectivity index (χ1v) is 8.67. The van der Waals surface area contributed by atoms with E-state index in [0.717, 1.165) is 4.90 Å². The van der Waals surface area contributed by atoms with Gasteiger partial charge in [-0.1, -0.05) is 30.3 Å². The third-order valence-electron chi connectivity index (χ3n) is 3.28. The van der Waals surface area contributed by atoms with Crippen molar-refractivity contribution in [3.8, 4) is 5.75 Å². The van der Waals surface area contributed by atoms with Crippen LogP contribution in [0.5, 0.6) is 5.75 Å². The van der Waals surface area contributed by atoms with E-state index in [9.17, 15) is 14.4 Å². The van der Waals surface area contributed by atoms with E-state index in [1.165, 1.54) is 17.8 Å². The molecular weight excluding hydrogens is 354 g/mol. The Morgan fingerprint density at radius 2 is 1.73 bits per heavy atom. The number of hydrogen-bond donors (Lipinski definition) is 3. The Kier molecular flexibility index (Phi) is 5.55. The van der Waals surface area contributed by atoms with Gasteiger partial charge in [0.15, 0.2) is 0 Å². The highest BCUT2D eigenvalue weighted by Gasteiger charge is 2.09. The summed E-state index contributed by atoms with van der Waals surface area (Å²) in [5.74, 6) is 0.808. The Bertz CT molecular complexity index is 986. The second-order valence-corrected chi connectivity index (χ2v) is 6.24. The summed E-state index contributed by atoms with van der Waals surface area (Å²) in [5, 5.41) is 2.70. The third-order valence-corrected chi connectivity index (χ3v) is 4.40. The van der Waals surface area contributed by atoms with Crippen molar-refractivity contribution < 1.29 is 9.53 Å². The van der Waals surface area contributed by atoms with E-state index in [4.69, 9.17) is 4.74 Å². The predicted octanol–water partition coefficient (Wildman–Crippen LogP) is 2.97. The van der Waals surface area contributed by atoms with Crippen LogP contribution in [0, 0.1) is 0 Å². The van der Waals surface area contributed by atoms with Gasteiger partial charge in [0.1, 0.15) is 5.75 Å². The van der Waals surface area contributed by atoms with Crippen molar-refractivity contribution in [2.45, 2.75) is 10.6 Å². The van der Waals surface area contributed by atoms with Crippen LogP contribution in [0.2, 0.25) is 0 Å². The molecule has 3 aromatic rings. The molecule has 0 bridgehead atoms. The smallest absolute Gasteiger partial charge is 0.410 e. The number of thioether (sulfide) groups is 1. The van der Waals surface area contributed by atoms with Gasteiger partial charge in [-0.2, -0.15) is 0 Å². The number of carbonyl (C=O) groups excluding carboxylic acids is 1. The van der Waals surface area contributed by atoms with Crippen molar-refractivity contribution in [1.29, 1.82) is 0 Å². The van der Waals surface area contributed by atoms with Crippen LogP contribution in [-0.4, -0.2) is 16.1 Å². The van der Waals surface area contributed by atoms with E-state index >= 15 is 0 Å². The highest BCUT2D eigenvalue weighted by atomic mass is 32.2. The average Bonchev–Trinajstić information content (AvgIpc) is 2.61. The zero-order valence-electron chi connectivity index (χ0n) is 13.5. The summed E-state index contributed by atoms with van der Waals surface area (Å²) >= 11 is 1.37. The number of nitrogens with one attached hydrogen (secondary N) is 3. The lowest BCUT2D eigenvalue weighted by molar-refractivity contribution is 0.215. The Morgan fingerprint density at radius 1 is 1.00 bits per heavy atom. The number of amides is 1. The van der Waals surface area contributed by atoms with Crippen molar-refractivity contribution >= 4 is 23.5 Å². The molecule has 3 rings (SSSR count). The molecule has 2 aromatic carbocycles. The van der Waals surface area contributed by atoms with Gasteiger partial charge < -0.3 is 9.72 Å². The number of hydrogen-bond acceptors (Lipinski definition) is 5. The number of benzene rings is 2. The van der Waals surface area contributed by atoms with Gasteiger partial charge >= 0.3 is 11.8 Å². The van der Waals surface area contributed by atoms with Crippen molar-refractivity contribution in [2.75, 3.05) is 5.32 Å². The highest BCUT2D eigenvalue weighted by Crippen LogP contribution is 2.29. The molecule has 1 aromatic heterocycles. The first-order valence-electron chi connectivity index (χ1n) is 7.68. The van der Waals surface area contributed by atoms with Crippen molar-refractivity contribution in [3.63, 3.8) is 0 Å². The molecule has 0 saturated heterocycles. The number of aromatic nitrogens is 2. The normalized spacial score (nSPS) is 10.3. The van der Waals surface area contributed by atoms with Gasteiger partial charge in [0.2, 0.25) is 0 Å². The van der Waals surface area contributed by atoms with Gasteiger partial charge in [0.25, 0.3) is 5.56 Å². The van der Waals surface area contributed by atoms with Crippen LogP contribution in [0.25, 0.3) is 0 Å². The summed E-state index contributed by atoms with van der Waals surface area (Å²) in [6, 6.07) is 17.3. The number of ether oxygens (including phenoxy) is 1. The SMILES string of the molecule is O=C(Nc1ccccc1SCc1cc(=O)[nH]c(=O)[nH]1)Oc1ccccc1. The third kappa shape index (κ3) is 4.87. The molecule has 1 amide bonds. The molecule has 0 spiro atoms. The summed E-state index contributed by atoms with van der Waals surface area (Å²) in [7, 11) is 0. The minimum Gasteiger partial charge on any atom is -0.410 e. The molecule has 26 heavy (non-hydrogen) atoms. The summed E-state index contributed by atoms with van der Waals surface area (Å²) in [4.78, 5) is 40.2. The highest BCUT2D eigenvalue weighted by molar-refractivity contribution is 7.98. The number of carbonyl (C=O) groups is 1. The maximum atomic E-state index is 12.1. The van der Waals surface area contributed by atoms with Crippen LogP contribution >= 0.6 is 11.8 Å². The second-order valence-electron chi connectivity index (χ2n) is 5.23. The van der Waals surface area contributed by atoms with Crippen molar-refractivity contribution in [1.82, 2.24) is 9.97 Å². The largest absolute Gasteiger partial charge is 0.417 e. The Labute approximate surface area is 152 Å². The molecule has 1 heterocycles. The predicted molar refractivity (Wildman–Crippen MR) is 99.8 cm³/mol. The van der Waals surface area contributed by atoms with Crippen LogP contribution in [0.1, 0.15) is 5.69 Å². The van der Waals surface area contributed by atoms with Gasteiger partial charge in [0.05, 0.1) is 5.69 Å². The molecule has 8 heteroatoms. The van der Waals surface area contributed by atoms with Crippen LogP contribution < -0.4 is 21.3 Å². The molecular formula is C18H15N3O4S. The van der Waals surface area contributed by atoms with Gasteiger partial charge in [0, 0.05) is 22.4 Å². The topological polar surface area (TPSA) is 104 Å². The number of rotatable bonds is 5. The van der Waals surface area contributed by atoms with Gasteiger partial charge in [-0.15, -0.1) is 11.8 Å². The number of H-pyrrole nitrogens is 2. The molecule has 0 unspecified atom stereocenters. The van der Waals surface area contributed by atoms with E-state index in [1.54, 1.807) is 36.4 Å². The Hall–Kier alpha value is -3.26. The maximum absolute atomic E-state index is 12.1. The van der Waals surface area contributed by atoms with E-state index in [1.807, 2.05) is 18.2 Å². The molecule has 0 atom stereocenters. The standard InChI is InChI=1S/C18H15N3O4S/c22-16-10-12(19-17(23)21-16)11-26-15-9-5-4-8-14(15)20-18(24)25-13-6-2-1-3-7-13/h1-10H,11H2,(H,20,24)(H2,19,21,22,23). The molecule has 0 aliphatic rings. The average molecular weight is 369 g/mol. The van der Waals surface area contributed by atoms with Crippen molar-refractivity contribution in [2.24, 2.45) is 0 Å². The van der Waals surface area contributed by atoms with Gasteiger partial charge in [-0.3, -0.25) is 15.1 Å². The molecule has 3 N–H and O–H groups in total. The summed E-state index contributed by atoms with van der Waals surface area (Å²) in [6.45, 7) is 0. The maximum Gasteiger partial charge on any atom is 0.417 e. The van der Waals surface area contributed by atoms with Gasteiger partial charge in [-0.05, 0) is 24.3 Å². The monoisotopic (exact) mass is 369 g/mol. The molecule has 0 aliphatic carbocycles. The fourth-order valence-corrected chi connectivity index (χ4v) is 3.10. The van der Waals surface area contributed by atoms with Gasteiger partial charge in [-0.25, -0.2) is 9.59 Å². The van der Waals surface area contributed by atoms with E-state index in [-0.39, 0.29) is 0 Å². The summed E-state index contributed by atoms with van der Waals surface area (Å²) in [5.41, 5.74) is 0.0594. The van der Waals surface area contributed by atoms with Crippen LogP contribution in [0.4, 0.5) is 10.5 Å². The second kappa shape index (κ2) is 8.21. The fraction of sp³-hybridized carbons (Fsp3) is 0.0556. The van der Waals surface area contributed by atoms with Crippen molar-refractivity contribution in [3.05, 3.63) is 87.2 Å². The van der Waals surface area contributed by atoms with Crippen LogP contribution in [0.15, 0.2) is 75.1 Å². The minimum atomic E-state index is -0.603. The van der Waals surface area contributed by atoms with E-state index in [2.05, 4.69) is 15.3 Å². The number of anilines is 1. The molecule has 7 nitrogen and oxygen atoms in total. The lowest BCUT2D eigenvalue weighted by atomic mass is 10.3. The van der Waals surface area contributed by atoms with Crippen LogP contribution in [0.3, 0.4) is 0 Å². The van der Waals surface area contributed by atoms with Crippen LogP contribution in [-0.2, 0) is 5.75 Å². The first kappa shape index (κ1) is 17.6. The lowest BCUT2D eigenvalue weighted by Gasteiger charge is -2.11. The number of aromatic amines is 2. The summed E-state index contributed by atoms with van der Waals surface area (Å²) in [6.07, 6.45) is -0.603. The zero-order chi connectivity index (χ0) is 18.4. The molecule has 0 aliphatic heterocycles. The molecule has 0 fully saturated rings. The molecule has 0 saturated carbocycles. The molecule has 0 radical (unpaired) electrons. The fourth-order valence-electron chi connectivity index (χ4n) is 2.18. The quantitative estimate of drug-likeness (QED) is 0.600. The van der Waals surface area contributed by atoms with E-state index in [0.29, 0.717) is 22.9 Å². The summed E-state index contributed by atoms with van der Waals surface area (Å²) < 4.78 is 5.22. The minimum absolute atomic E-state index is 0.367. The molecule has 132 valence electrons. The first-order chi connectivity index (χ1) is 12.6.